The van der Waals surface area contributed by atoms with Crippen molar-refractivity contribution in [3.05, 3.63) is 42.5 Å². The van der Waals surface area contributed by atoms with Gasteiger partial charge in [0.1, 0.15) is 0 Å². The number of likely N-dealkylation sites (tertiary alicyclic amines) is 1. The highest BCUT2D eigenvalue weighted by Gasteiger charge is 2.33. The topological polar surface area (TPSA) is 84.4 Å². The first-order chi connectivity index (χ1) is 13.7. The van der Waals surface area contributed by atoms with Gasteiger partial charge in [-0.05, 0) is 18.9 Å². The van der Waals surface area contributed by atoms with Gasteiger partial charge in [-0.1, -0.05) is 30.3 Å². The van der Waals surface area contributed by atoms with Crippen molar-refractivity contribution in [1.82, 2.24) is 20.4 Å². The maximum absolute atomic E-state index is 12.6. The highest BCUT2D eigenvalue weighted by molar-refractivity contribution is 5.87. The number of hydrogen-bond acceptors (Lipinski definition) is 5. The molecule has 2 fully saturated rings. The number of ether oxygens (including phenoxy) is 1. The number of nitrogens with one attached hydrogen (secondary N) is 1. The molecule has 2 unspecified atom stereocenters. The largest absolute Gasteiger partial charge is 0.476 e. The first-order valence-electron chi connectivity index (χ1n) is 9.76. The average Bonchev–Trinajstić information content (AvgIpc) is 3.22. The minimum atomic E-state index is -0.176. The van der Waals surface area contributed by atoms with E-state index in [-0.39, 0.29) is 23.7 Å². The van der Waals surface area contributed by atoms with Gasteiger partial charge in [-0.2, -0.15) is 0 Å². The van der Waals surface area contributed by atoms with Gasteiger partial charge in [0.15, 0.2) is 0 Å². The van der Waals surface area contributed by atoms with E-state index >= 15 is 0 Å². The summed E-state index contributed by atoms with van der Waals surface area (Å²) >= 11 is 0. The summed E-state index contributed by atoms with van der Waals surface area (Å²) in [6.07, 6.45) is 1.94. The Kier molecular flexibility index (Phi) is 5.50. The second-order valence-electron chi connectivity index (χ2n) is 7.41. The monoisotopic (exact) mass is 380 g/mol. The molecule has 2 amide bonds. The highest BCUT2D eigenvalue weighted by atomic mass is 16.5. The van der Waals surface area contributed by atoms with E-state index in [1.807, 2.05) is 47.4 Å². The number of aromatic nitrogens is 2. The lowest BCUT2D eigenvalue weighted by Crippen LogP contribution is -2.42. The Balaban J connectivity index is 1.27. The molecule has 2 saturated heterocycles. The summed E-state index contributed by atoms with van der Waals surface area (Å²) in [5, 5.41) is 11.2. The van der Waals surface area contributed by atoms with Crippen molar-refractivity contribution in [2.45, 2.75) is 19.3 Å². The van der Waals surface area contributed by atoms with Gasteiger partial charge in [0, 0.05) is 49.5 Å². The summed E-state index contributed by atoms with van der Waals surface area (Å²) in [5.41, 5.74) is 1.82. The molecule has 0 radical (unpaired) electrons. The van der Waals surface area contributed by atoms with Crippen LogP contribution >= 0.6 is 0 Å². The predicted octanol–water partition coefficient (Wildman–Crippen LogP) is 1.90. The standard InChI is InChI=1S/C21H24N4O3/c26-19-12-17(8-10-22-19)21(27)25-11-9-15(13-25)14-28-20-7-6-18(23-24-20)16-4-2-1-3-5-16/h1-7,15,17H,8-14H2,(H,22,26). The Morgan fingerprint density at radius 3 is 2.75 bits per heavy atom. The number of rotatable bonds is 5. The lowest BCUT2D eigenvalue weighted by molar-refractivity contribution is -0.139. The van der Waals surface area contributed by atoms with Crippen LogP contribution < -0.4 is 10.1 Å². The van der Waals surface area contributed by atoms with Crippen molar-refractivity contribution in [3.63, 3.8) is 0 Å². The van der Waals surface area contributed by atoms with Crippen molar-refractivity contribution < 1.29 is 14.3 Å². The van der Waals surface area contributed by atoms with Crippen LogP contribution in [0.4, 0.5) is 0 Å². The molecule has 0 saturated carbocycles. The molecule has 0 spiro atoms. The van der Waals surface area contributed by atoms with Crippen LogP contribution in [0.5, 0.6) is 5.88 Å². The highest BCUT2D eigenvalue weighted by Crippen LogP contribution is 2.23. The molecular weight excluding hydrogens is 356 g/mol. The van der Waals surface area contributed by atoms with Gasteiger partial charge in [0.05, 0.1) is 12.3 Å². The molecule has 1 aromatic heterocycles. The Bertz CT molecular complexity index is 825. The van der Waals surface area contributed by atoms with Crippen LogP contribution in [0.2, 0.25) is 0 Å². The molecule has 146 valence electrons. The fourth-order valence-electron chi connectivity index (χ4n) is 3.78. The molecule has 1 N–H and O–H groups in total. The maximum Gasteiger partial charge on any atom is 0.233 e. The Morgan fingerprint density at radius 2 is 2.00 bits per heavy atom. The first kappa shape index (κ1) is 18.4. The van der Waals surface area contributed by atoms with Crippen LogP contribution in [0.25, 0.3) is 11.3 Å². The molecule has 2 aromatic rings. The summed E-state index contributed by atoms with van der Waals surface area (Å²) in [5.74, 6) is 0.667. The predicted molar refractivity (Wildman–Crippen MR) is 103 cm³/mol. The van der Waals surface area contributed by atoms with Gasteiger partial charge >= 0.3 is 0 Å². The Morgan fingerprint density at radius 1 is 1.14 bits per heavy atom. The lowest BCUT2D eigenvalue weighted by atomic mass is 9.96. The van der Waals surface area contributed by atoms with Crippen molar-refractivity contribution in [2.75, 3.05) is 26.2 Å². The molecule has 0 aliphatic carbocycles. The van der Waals surface area contributed by atoms with Crippen LogP contribution in [0.15, 0.2) is 42.5 Å². The van der Waals surface area contributed by atoms with Crippen molar-refractivity contribution in [2.24, 2.45) is 11.8 Å². The number of carbonyl (C=O) groups excluding carboxylic acids is 2. The van der Waals surface area contributed by atoms with E-state index in [0.29, 0.717) is 32.0 Å². The van der Waals surface area contributed by atoms with E-state index in [9.17, 15) is 9.59 Å². The smallest absolute Gasteiger partial charge is 0.233 e. The van der Waals surface area contributed by atoms with Gasteiger partial charge in [0.25, 0.3) is 0 Å². The molecule has 3 heterocycles. The third-order valence-electron chi connectivity index (χ3n) is 5.37. The normalized spacial score (nSPS) is 22.0. The number of amides is 2. The number of hydrogen-bond donors (Lipinski definition) is 1. The number of carbonyl (C=O) groups is 2. The third-order valence-corrected chi connectivity index (χ3v) is 5.37. The first-order valence-corrected chi connectivity index (χ1v) is 9.76. The van der Waals surface area contributed by atoms with Crippen LogP contribution in [-0.4, -0.2) is 53.2 Å². The molecular formula is C21H24N4O3. The van der Waals surface area contributed by atoms with Crippen LogP contribution in [0, 0.1) is 11.8 Å². The fourth-order valence-corrected chi connectivity index (χ4v) is 3.78. The van der Waals surface area contributed by atoms with Gasteiger partial charge < -0.3 is 15.0 Å². The minimum absolute atomic E-state index is 0.0267. The lowest BCUT2D eigenvalue weighted by Gasteiger charge is -2.26. The van der Waals surface area contributed by atoms with Crippen LogP contribution in [0.1, 0.15) is 19.3 Å². The molecule has 2 atom stereocenters. The molecule has 1 aromatic carbocycles. The maximum atomic E-state index is 12.6. The minimum Gasteiger partial charge on any atom is -0.476 e. The third kappa shape index (κ3) is 4.30. The zero-order valence-corrected chi connectivity index (χ0v) is 15.7. The number of nitrogens with zero attached hydrogens (tertiary/aromatic N) is 3. The fraction of sp³-hybridized carbons (Fsp3) is 0.429. The van der Waals surface area contributed by atoms with Gasteiger partial charge in [0.2, 0.25) is 17.7 Å². The quantitative estimate of drug-likeness (QED) is 0.856. The Labute approximate surface area is 164 Å². The summed E-state index contributed by atoms with van der Waals surface area (Å²) in [6.45, 7) is 2.50. The van der Waals surface area contributed by atoms with Crippen molar-refractivity contribution >= 4 is 11.8 Å². The second-order valence-corrected chi connectivity index (χ2v) is 7.41. The summed E-state index contributed by atoms with van der Waals surface area (Å²) in [4.78, 5) is 26.0. The van der Waals surface area contributed by atoms with Gasteiger partial charge in [-0.15, -0.1) is 10.2 Å². The summed E-state index contributed by atoms with van der Waals surface area (Å²) in [7, 11) is 0. The number of piperidine rings is 1. The van der Waals surface area contributed by atoms with Crippen molar-refractivity contribution in [3.8, 4) is 17.1 Å². The molecule has 2 aliphatic heterocycles. The van der Waals surface area contributed by atoms with E-state index in [4.69, 9.17) is 4.74 Å². The second kappa shape index (κ2) is 8.37. The molecule has 7 heteroatoms. The van der Waals surface area contributed by atoms with E-state index in [2.05, 4.69) is 15.5 Å². The van der Waals surface area contributed by atoms with E-state index in [0.717, 1.165) is 30.6 Å². The van der Waals surface area contributed by atoms with Crippen LogP contribution in [-0.2, 0) is 9.59 Å². The van der Waals surface area contributed by atoms with Crippen molar-refractivity contribution in [1.29, 1.82) is 0 Å². The van der Waals surface area contributed by atoms with E-state index < -0.39 is 0 Å². The van der Waals surface area contributed by atoms with Gasteiger partial charge in [-0.25, -0.2) is 0 Å². The van der Waals surface area contributed by atoms with E-state index in [1.165, 1.54) is 0 Å². The average molecular weight is 380 g/mol. The molecule has 7 nitrogen and oxygen atoms in total. The summed E-state index contributed by atoms with van der Waals surface area (Å²) in [6, 6.07) is 13.6. The zero-order valence-electron chi connectivity index (χ0n) is 15.7. The van der Waals surface area contributed by atoms with Crippen LogP contribution in [0.3, 0.4) is 0 Å². The number of benzene rings is 1. The van der Waals surface area contributed by atoms with Gasteiger partial charge in [-0.3, -0.25) is 9.59 Å². The molecule has 2 aliphatic rings. The van der Waals surface area contributed by atoms with E-state index in [1.54, 1.807) is 0 Å². The Hall–Kier alpha value is -2.96. The zero-order chi connectivity index (χ0) is 19.3. The molecule has 28 heavy (non-hydrogen) atoms. The molecule has 4 rings (SSSR count). The molecule has 0 bridgehead atoms. The SMILES string of the molecule is O=C1CC(C(=O)N2CCC(COc3ccc(-c4ccccc4)nn3)C2)CCN1. The summed E-state index contributed by atoms with van der Waals surface area (Å²) < 4.78 is 5.80.